The van der Waals surface area contributed by atoms with E-state index in [4.69, 9.17) is 0 Å². The molecule has 13 aromatic heterocycles. The zero-order chi connectivity index (χ0) is 105. The van der Waals surface area contributed by atoms with Crippen LogP contribution in [0.2, 0.25) is 0 Å². The number of anilines is 6. The molecule has 5 aromatic carbocycles. The van der Waals surface area contributed by atoms with E-state index in [1.807, 2.05) is 182 Å². The van der Waals surface area contributed by atoms with E-state index in [2.05, 4.69) is 289 Å². The van der Waals surface area contributed by atoms with Crippen LogP contribution in [0.5, 0.6) is 0 Å². The molecule has 13 heterocycles. The van der Waals surface area contributed by atoms with Gasteiger partial charge in [-0.1, -0.05) is 264 Å². The van der Waals surface area contributed by atoms with Gasteiger partial charge in [0.15, 0.2) is 34.9 Å². The monoisotopic (exact) mass is 2000 g/mol. The Morgan fingerprint density at radius 3 is 0.804 bits per heavy atom. The summed E-state index contributed by atoms with van der Waals surface area (Å²) in [6.45, 7) is 34.9. The Morgan fingerprint density at radius 1 is 0.270 bits per heavy atom. The summed E-state index contributed by atoms with van der Waals surface area (Å²) in [4.78, 5) is 59.6. The molecule has 0 radical (unpaired) electrons. The Morgan fingerprint density at radius 2 is 0.541 bits per heavy atom. The first-order valence-electron chi connectivity index (χ1n) is 52.8. The lowest BCUT2D eigenvalue weighted by atomic mass is 10.00. The molecule has 0 bridgehead atoms. The van der Waals surface area contributed by atoms with Gasteiger partial charge in [0.25, 0.3) is 0 Å². The van der Waals surface area contributed by atoms with E-state index < -0.39 is 0 Å². The average molecular weight is 2000 g/mol. The van der Waals surface area contributed by atoms with Crippen LogP contribution in [-0.2, 0) is 39.3 Å². The highest BCUT2D eigenvalue weighted by atomic mass is 16.3. The number of hydrogen-bond acceptors (Lipinski definition) is 24. The van der Waals surface area contributed by atoms with Gasteiger partial charge in [-0.05, 0) is 168 Å². The number of nitrogens with one attached hydrogen (secondary N) is 6. The summed E-state index contributed by atoms with van der Waals surface area (Å²) in [6, 6.07) is 70.5. The molecule has 30 heteroatoms. The smallest absolute Gasteiger partial charge is 0.154 e. The normalized spacial score (nSPS) is 12.5. The van der Waals surface area contributed by atoms with Crippen molar-refractivity contribution in [1.29, 1.82) is 0 Å². The maximum absolute atomic E-state index is 9.77. The molecule has 0 amide bonds. The van der Waals surface area contributed by atoms with Crippen molar-refractivity contribution in [2.75, 3.05) is 71.5 Å². The van der Waals surface area contributed by atoms with Gasteiger partial charge in [-0.3, -0.25) is 4.98 Å². The first kappa shape index (κ1) is 111. The second-order valence-electron chi connectivity index (χ2n) is 38.6. The molecule has 0 fully saturated rings. The average Bonchev–Trinajstić information content (AvgIpc) is 1.62. The second kappa shape index (κ2) is 57.0. The molecular weight excluding hydrogens is 1850 g/mol. The van der Waals surface area contributed by atoms with Crippen molar-refractivity contribution in [3.05, 3.63) is 318 Å². The van der Waals surface area contributed by atoms with E-state index in [1.165, 1.54) is 27.8 Å². The zero-order valence-electron chi connectivity index (χ0n) is 88.8. The highest BCUT2D eigenvalue weighted by molar-refractivity contribution is 5.91. The number of nitrogens with zero attached hydrogens (tertiary/aromatic N) is 19. The van der Waals surface area contributed by atoms with E-state index in [0.29, 0.717) is 24.8 Å². The number of aliphatic hydroxyl groups excluding tert-OH is 5. The molecule has 18 aromatic rings. The minimum Gasteiger partial charge on any atom is -0.396 e. The van der Waals surface area contributed by atoms with Crippen LogP contribution in [0.3, 0.4) is 0 Å². The van der Waals surface area contributed by atoms with Crippen molar-refractivity contribution in [3.8, 4) is 0 Å². The fourth-order valence-corrected chi connectivity index (χ4v) is 18.2. The predicted octanol–water partition coefficient (Wildman–Crippen LogP) is 22.3. The third-order valence-corrected chi connectivity index (χ3v) is 26.0. The Bertz CT molecular complexity index is 6880. The van der Waals surface area contributed by atoms with E-state index in [1.54, 1.807) is 0 Å². The molecule has 30 nitrogen and oxygen atoms in total. The minimum atomic E-state index is -0.0254. The number of unbranched alkanes of at least 4 members (excludes halogenated alkanes) is 3. The Labute approximate surface area is 871 Å². The summed E-state index contributed by atoms with van der Waals surface area (Å²) in [6.07, 6.45) is 28.2. The topological polar surface area (TPSA) is 370 Å². The number of aliphatic hydroxyl groups is 5. The van der Waals surface area contributed by atoms with Crippen molar-refractivity contribution >= 4 is 101 Å². The van der Waals surface area contributed by atoms with Crippen LogP contribution in [0.15, 0.2) is 250 Å². The standard InChI is InChI=1S/C21H28N4O.C20H27N5O.2C20H26N4O.C19H24N4O.C18H22N4/c1-3-4-10-18(12-14-26)24-21-20-19(22-16(2)23-21)11-13-25(20)15-17-8-6-5-7-9-17;1-3-4-7-16(10-13-26)24-20-19-18(22-15(2)23-20)9-12-25(19)14-17-8-5-6-11-21-17;1-4-14(2)18(13-25)23-20-19-17(21-15(3)22-20)10-11-24(19)12-16-8-6-5-7-9-16;1-3-4-10-17(14-25)23-20-19-18(21-15(2)22-20)11-12-24(19)13-16-8-6-5-7-9-16;1-3-7-16(13-24)22-19-18-17(20-14(2)21-19)10-11-23(18)12-15-8-5-4-6-9-15;1-13(2)11-19-18-17-16(20-14(3)21-18)9-10-22(17)12-15-7-5-4-6-8-15/h5-9,11,13,18,26H,3-4,10,12,14-15H2,1-2H3,(H,22,23,24);5-6,8-9,11-12,16,26H,3-4,7,10,13-14H2,1-2H3,(H,22,23,24);5-11,14,18,25H,4,12-13H2,1-3H3,(H,21,22,23);5-9,11-12,17,25H,3-4,10,13-14H2,1-2H3,(H,21,22,23);4-6,8-11,16,24H,3,7,12-13H2,1-2H3,(H,20,21,22);4-10,13H,11-12H2,1-3H3,(H,19,20,21)/t18-;16-;14-,18+;17-;16-;/m00001./s1. The summed E-state index contributed by atoms with van der Waals surface area (Å²) < 4.78 is 13.0. The SMILES string of the molecule is CCCC[C@@H](CCO)Nc1nc(C)nc2ccn(Cc3ccccc3)c12.CCCC[C@@H](CCO)Nc1nc(C)nc2ccn(Cc3ccccn3)c12.CCCC[C@@H](CO)Nc1nc(C)nc2ccn(Cc3ccccc3)c12.CCC[C@H](CO)Nc1nc(C)nc2ccn(Cc3ccccc3)c12.CC[C@H](C)[C@@H](CO)Nc1nc(C)nc2ccn(Cc3ccccc3)c12.Cc1nc(NCC(C)C)c2c(ccn2Cc2ccccc2)n1. The Kier molecular flexibility index (Phi) is 42.7. The fraction of sp³-hybridized carbons (Fsp3) is 0.398. The summed E-state index contributed by atoms with van der Waals surface area (Å²) in [5, 5.41) is 68.8. The molecule has 6 atom stereocenters. The summed E-state index contributed by atoms with van der Waals surface area (Å²) in [7, 11) is 0. The van der Waals surface area contributed by atoms with Crippen LogP contribution in [0.1, 0.15) is 214 Å². The Balaban J connectivity index is 0.000000148. The molecule has 148 heavy (non-hydrogen) atoms. The van der Waals surface area contributed by atoms with Gasteiger partial charge in [-0.15, -0.1) is 0 Å². The number of aryl methyl sites for hydroxylation is 6. The van der Waals surface area contributed by atoms with Gasteiger partial charge >= 0.3 is 0 Å². The number of fused-ring (bicyclic) bond motifs is 6. The number of pyridine rings is 1. The maximum Gasteiger partial charge on any atom is 0.154 e. The Hall–Kier alpha value is -14.4. The first-order chi connectivity index (χ1) is 72.1. The second-order valence-corrected chi connectivity index (χ2v) is 38.6. The molecule has 0 saturated heterocycles. The molecule has 11 N–H and O–H groups in total. The van der Waals surface area contributed by atoms with Crippen molar-refractivity contribution in [2.24, 2.45) is 11.8 Å². The summed E-state index contributed by atoms with van der Waals surface area (Å²) in [5.74, 6) is 10.5. The van der Waals surface area contributed by atoms with Gasteiger partial charge in [0.2, 0.25) is 0 Å². The number of hydrogen-bond donors (Lipinski definition) is 11. The summed E-state index contributed by atoms with van der Waals surface area (Å²) in [5.41, 5.74) is 18.9. The van der Waals surface area contributed by atoms with Gasteiger partial charge in [0, 0.05) is 108 Å². The van der Waals surface area contributed by atoms with Gasteiger partial charge in [-0.2, -0.15) is 0 Å². The lowest BCUT2D eigenvalue weighted by molar-refractivity contribution is 0.241. The quantitative estimate of drug-likeness (QED) is 0.0169. The minimum absolute atomic E-state index is 0.00701. The molecular formula is C118H153N25O5. The molecule has 0 aliphatic heterocycles. The molecule has 0 aliphatic carbocycles. The van der Waals surface area contributed by atoms with Gasteiger partial charge in [0.1, 0.15) is 68.0 Å². The maximum atomic E-state index is 9.77. The third-order valence-electron chi connectivity index (χ3n) is 26.0. The number of benzene rings is 5. The molecule has 780 valence electrons. The molecule has 0 aliphatic rings. The number of rotatable bonds is 45. The van der Waals surface area contributed by atoms with Crippen molar-refractivity contribution in [2.45, 2.75) is 256 Å². The third kappa shape index (κ3) is 31.8. The predicted molar refractivity (Wildman–Crippen MR) is 603 cm³/mol. The molecule has 0 spiro atoms. The van der Waals surface area contributed by atoms with Crippen LogP contribution >= 0.6 is 0 Å². The van der Waals surface area contributed by atoms with Gasteiger partial charge in [0.05, 0.1) is 83.3 Å². The van der Waals surface area contributed by atoms with Crippen LogP contribution < -0.4 is 31.9 Å². The van der Waals surface area contributed by atoms with Crippen LogP contribution in [0, 0.1) is 53.4 Å². The zero-order valence-corrected chi connectivity index (χ0v) is 88.8. The number of aromatic nitrogens is 19. The van der Waals surface area contributed by atoms with Gasteiger partial charge in [-0.25, -0.2) is 59.8 Å². The molecule has 0 unspecified atom stereocenters. The fourth-order valence-electron chi connectivity index (χ4n) is 18.2. The van der Waals surface area contributed by atoms with Crippen LogP contribution in [-0.4, -0.2) is 188 Å². The van der Waals surface area contributed by atoms with E-state index in [9.17, 15) is 25.5 Å². The van der Waals surface area contributed by atoms with Crippen molar-refractivity contribution in [1.82, 2.24) is 92.2 Å². The molecule has 0 saturated carbocycles. The van der Waals surface area contributed by atoms with Crippen molar-refractivity contribution in [3.63, 3.8) is 0 Å². The van der Waals surface area contributed by atoms with Gasteiger partial charge < -0.3 is 84.8 Å². The van der Waals surface area contributed by atoms with E-state index in [-0.39, 0.29) is 63.2 Å². The highest BCUT2D eigenvalue weighted by Gasteiger charge is 2.25. The highest BCUT2D eigenvalue weighted by Crippen LogP contribution is 2.33. The molecule has 18 rings (SSSR count). The summed E-state index contributed by atoms with van der Waals surface area (Å²) >= 11 is 0. The largest absolute Gasteiger partial charge is 0.396 e. The lowest BCUT2D eigenvalue weighted by Crippen LogP contribution is -2.31. The van der Waals surface area contributed by atoms with Crippen LogP contribution in [0.4, 0.5) is 34.9 Å². The van der Waals surface area contributed by atoms with E-state index in [0.717, 1.165) is 264 Å². The van der Waals surface area contributed by atoms with Crippen LogP contribution in [0.25, 0.3) is 66.2 Å². The first-order valence-corrected chi connectivity index (χ1v) is 52.8. The van der Waals surface area contributed by atoms with Crippen molar-refractivity contribution < 1.29 is 25.5 Å². The van der Waals surface area contributed by atoms with E-state index >= 15 is 0 Å². The lowest BCUT2D eigenvalue weighted by Gasteiger charge is -2.23.